The number of aromatic nitrogens is 1. The zero-order chi connectivity index (χ0) is 14.0. The first-order valence-electron chi connectivity index (χ1n) is 6.30. The average molecular weight is 262 g/mol. The summed E-state index contributed by atoms with van der Waals surface area (Å²) in [6.45, 7) is 3.72. The third kappa shape index (κ3) is 3.24. The lowest BCUT2D eigenvalue weighted by Crippen LogP contribution is -2.19. The quantitative estimate of drug-likeness (QED) is 0.645. The molecule has 0 unspecified atom stereocenters. The topological polar surface area (TPSA) is 74.3 Å². The van der Waals surface area contributed by atoms with Gasteiger partial charge in [0.05, 0.1) is 0 Å². The molecule has 1 fully saturated rings. The van der Waals surface area contributed by atoms with Gasteiger partial charge in [-0.2, -0.15) is 0 Å². The Labute approximate surface area is 112 Å². The van der Waals surface area contributed by atoms with Crippen LogP contribution in [0.15, 0.2) is 12.1 Å². The Morgan fingerprint density at radius 1 is 1.47 bits per heavy atom. The van der Waals surface area contributed by atoms with Crippen LogP contribution in [-0.2, 0) is 14.3 Å². The third-order valence-corrected chi connectivity index (χ3v) is 3.19. The van der Waals surface area contributed by atoms with Crippen LogP contribution in [0.5, 0.6) is 0 Å². The fraction of sp³-hybridized carbons (Fsp3) is 0.429. The molecule has 0 radical (unpaired) electrons. The number of hydrogen-bond donors (Lipinski definition) is 1. The van der Waals surface area contributed by atoms with Crippen LogP contribution in [0, 0.1) is 13.8 Å². The number of aryl methyl sites for hydroxylation is 1. The molecule has 0 aromatic carbocycles. The Balaban J connectivity index is 2.04. The first-order chi connectivity index (χ1) is 8.99. The molecule has 102 valence electrons. The number of primary amides is 1. The zero-order valence-electron chi connectivity index (χ0n) is 11.2. The van der Waals surface area contributed by atoms with E-state index in [1.54, 1.807) is 6.08 Å². The predicted molar refractivity (Wildman–Crippen MR) is 71.4 cm³/mol. The van der Waals surface area contributed by atoms with Gasteiger partial charge in [-0.05, 0) is 44.4 Å². The molecule has 5 heteroatoms. The maximum Gasteiger partial charge on any atom is 0.331 e. The van der Waals surface area contributed by atoms with Gasteiger partial charge in [0.2, 0.25) is 0 Å². The van der Waals surface area contributed by atoms with E-state index in [-0.39, 0.29) is 6.61 Å². The van der Waals surface area contributed by atoms with E-state index in [1.807, 2.05) is 13.0 Å². The Morgan fingerprint density at radius 3 is 2.74 bits per heavy atom. The van der Waals surface area contributed by atoms with Gasteiger partial charge in [-0.25, -0.2) is 4.79 Å². The summed E-state index contributed by atoms with van der Waals surface area (Å²) in [4.78, 5) is 21.8. The molecule has 2 N–H and O–H groups in total. The molecule has 1 aliphatic rings. The van der Waals surface area contributed by atoms with Crippen molar-refractivity contribution in [1.29, 1.82) is 0 Å². The Hall–Kier alpha value is -2.04. The van der Waals surface area contributed by atoms with Crippen molar-refractivity contribution < 1.29 is 14.3 Å². The van der Waals surface area contributed by atoms with Crippen molar-refractivity contribution in [3.8, 4) is 0 Å². The molecule has 1 saturated carbocycles. The summed E-state index contributed by atoms with van der Waals surface area (Å²) >= 11 is 0. The number of carbonyl (C=O) groups excluding carboxylic acids is 2. The van der Waals surface area contributed by atoms with Gasteiger partial charge in [-0.15, -0.1) is 0 Å². The molecule has 0 aliphatic heterocycles. The number of hydrogen-bond acceptors (Lipinski definition) is 3. The Bertz CT molecular complexity index is 539. The van der Waals surface area contributed by atoms with Crippen LogP contribution in [0.4, 0.5) is 0 Å². The first-order valence-corrected chi connectivity index (χ1v) is 6.30. The normalized spacial score (nSPS) is 14.8. The summed E-state index contributed by atoms with van der Waals surface area (Å²) in [5.74, 6) is -1.22. The molecule has 0 atom stereocenters. The van der Waals surface area contributed by atoms with E-state index in [9.17, 15) is 9.59 Å². The minimum atomic E-state index is -0.659. The second-order valence-corrected chi connectivity index (χ2v) is 4.84. The summed E-state index contributed by atoms with van der Waals surface area (Å²) in [7, 11) is 0. The highest BCUT2D eigenvalue weighted by molar-refractivity contribution is 5.89. The van der Waals surface area contributed by atoms with Gasteiger partial charge < -0.3 is 15.0 Å². The van der Waals surface area contributed by atoms with Crippen molar-refractivity contribution in [1.82, 2.24) is 4.57 Å². The van der Waals surface area contributed by atoms with E-state index in [0.717, 1.165) is 11.3 Å². The molecule has 0 spiro atoms. The van der Waals surface area contributed by atoms with Gasteiger partial charge in [-0.3, -0.25) is 4.79 Å². The van der Waals surface area contributed by atoms with Crippen molar-refractivity contribution >= 4 is 18.0 Å². The highest BCUT2D eigenvalue weighted by Crippen LogP contribution is 2.38. The molecule has 1 aromatic heterocycles. The zero-order valence-corrected chi connectivity index (χ0v) is 11.2. The largest absolute Gasteiger partial charge is 0.452 e. The van der Waals surface area contributed by atoms with E-state index in [2.05, 4.69) is 16.2 Å². The second-order valence-electron chi connectivity index (χ2n) is 4.84. The number of nitrogens with two attached hydrogens (primary N) is 1. The minimum absolute atomic E-state index is 0.385. The van der Waals surface area contributed by atoms with E-state index in [4.69, 9.17) is 5.73 Å². The van der Waals surface area contributed by atoms with Crippen LogP contribution in [0.3, 0.4) is 0 Å². The summed E-state index contributed by atoms with van der Waals surface area (Å²) in [6, 6.07) is 2.66. The van der Waals surface area contributed by atoms with Gasteiger partial charge >= 0.3 is 5.97 Å². The highest BCUT2D eigenvalue weighted by atomic mass is 16.5. The third-order valence-electron chi connectivity index (χ3n) is 3.19. The summed E-state index contributed by atoms with van der Waals surface area (Å²) in [6.07, 6.45) is 5.48. The predicted octanol–water partition coefficient (Wildman–Crippen LogP) is 1.48. The smallest absolute Gasteiger partial charge is 0.331 e. The molecule has 1 heterocycles. The number of amides is 1. The molecule has 1 aromatic rings. The number of esters is 1. The van der Waals surface area contributed by atoms with Crippen LogP contribution in [0.1, 0.15) is 35.8 Å². The standard InChI is InChI=1S/C14H18N2O3/c1-9-7-11(10(2)16(9)12-4-5-12)3-6-14(18)19-8-13(15)17/h3,6-7,12H,4-5,8H2,1-2H3,(H2,15,17)/b6-3+. The van der Waals surface area contributed by atoms with Crippen molar-refractivity contribution in [3.63, 3.8) is 0 Å². The van der Waals surface area contributed by atoms with Crippen molar-refractivity contribution in [2.75, 3.05) is 6.61 Å². The van der Waals surface area contributed by atoms with Crippen LogP contribution in [-0.4, -0.2) is 23.1 Å². The van der Waals surface area contributed by atoms with Gasteiger partial charge in [0.25, 0.3) is 5.91 Å². The number of nitrogens with zero attached hydrogens (tertiary/aromatic N) is 1. The maximum absolute atomic E-state index is 11.3. The van der Waals surface area contributed by atoms with E-state index in [1.165, 1.54) is 24.6 Å². The fourth-order valence-corrected chi connectivity index (χ4v) is 2.21. The van der Waals surface area contributed by atoms with Crippen LogP contribution >= 0.6 is 0 Å². The summed E-state index contributed by atoms with van der Waals surface area (Å²) in [5, 5.41) is 0. The van der Waals surface area contributed by atoms with Crippen LogP contribution in [0.25, 0.3) is 6.08 Å². The molecule has 0 saturated heterocycles. The van der Waals surface area contributed by atoms with E-state index in [0.29, 0.717) is 6.04 Å². The maximum atomic E-state index is 11.3. The van der Waals surface area contributed by atoms with Crippen LogP contribution in [0.2, 0.25) is 0 Å². The lowest BCUT2D eigenvalue weighted by molar-refractivity contribution is -0.142. The van der Waals surface area contributed by atoms with E-state index < -0.39 is 11.9 Å². The second kappa shape index (κ2) is 5.30. The minimum Gasteiger partial charge on any atom is -0.452 e. The number of carbonyl (C=O) groups is 2. The fourth-order valence-electron chi connectivity index (χ4n) is 2.21. The highest BCUT2D eigenvalue weighted by Gasteiger charge is 2.26. The van der Waals surface area contributed by atoms with Crippen molar-refractivity contribution in [3.05, 3.63) is 29.1 Å². The van der Waals surface area contributed by atoms with Gasteiger partial charge in [0.1, 0.15) is 0 Å². The Kier molecular flexibility index (Phi) is 3.74. The SMILES string of the molecule is Cc1cc(/C=C/C(=O)OCC(N)=O)c(C)n1C1CC1. The van der Waals surface area contributed by atoms with Crippen LogP contribution < -0.4 is 5.73 Å². The molecular formula is C14H18N2O3. The van der Waals surface area contributed by atoms with Crippen molar-refractivity contribution in [2.45, 2.75) is 32.7 Å². The average Bonchev–Trinajstić information content (AvgIpc) is 3.12. The Morgan fingerprint density at radius 2 is 2.16 bits per heavy atom. The summed E-state index contributed by atoms with van der Waals surface area (Å²) in [5.41, 5.74) is 8.24. The molecule has 19 heavy (non-hydrogen) atoms. The van der Waals surface area contributed by atoms with E-state index >= 15 is 0 Å². The molecule has 5 nitrogen and oxygen atoms in total. The lowest BCUT2D eigenvalue weighted by atomic mass is 10.2. The molecule has 0 bridgehead atoms. The van der Waals surface area contributed by atoms with Gasteiger partial charge in [0.15, 0.2) is 6.61 Å². The van der Waals surface area contributed by atoms with Gasteiger partial charge in [0, 0.05) is 23.5 Å². The molecule has 1 amide bonds. The monoisotopic (exact) mass is 262 g/mol. The number of ether oxygens (including phenoxy) is 1. The number of rotatable bonds is 5. The summed E-state index contributed by atoms with van der Waals surface area (Å²) < 4.78 is 6.95. The lowest BCUT2D eigenvalue weighted by Gasteiger charge is -2.06. The molecule has 1 aliphatic carbocycles. The molecule has 2 rings (SSSR count). The van der Waals surface area contributed by atoms with Gasteiger partial charge in [-0.1, -0.05) is 0 Å². The first kappa shape index (κ1) is 13.4. The van der Waals surface area contributed by atoms with Crippen molar-refractivity contribution in [2.24, 2.45) is 5.73 Å². The molecular weight excluding hydrogens is 244 g/mol.